The average Bonchev–Trinajstić information content (AvgIpc) is 3.29. The summed E-state index contributed by atoms with van der Waals surface area (Å²) in [5, 5.41) is 0. The van der Waals surface area contributed by atoms with E-state index in [1.54, 1.807) is 28.0 Å². The molecule has 0 aliphatic carbocycles. The Morgan fingerprint density at radius 3 is 2.34 bits per heavy atom. The Kier molecular flexibility index (Phi) is 5.55. The van der Waals surface area contributed by atoms with E-state index in [-0.39, 0.29) is 24.3 Å². The predicted molar refractivity (Wildman–Crippen MR) is 121 cm³/mol. The summed E-state index contributed by atoms with van der Waals surface area (Å²) in [5.41, 5.74) is 1.99. The first-order chi connectivity index (χ1) is 15.6. The lowest BCUT2D eigenvalue weighted by atomic mass is 10.1. The number of carbonyl (C=O) groups is 3. The highest BCUT2D eigenvalue weighted by Gasteiger charge is 2.36. The maximum Gasteiger partial charge on any atom is 0.265 e. The van der Waals surface area contributed by atoms with E-state index in [1.165, 1.54) is 0 Å². The molecule has 0 unspecified atom stereocenters. The SMILES string of the molecule is O=C([C@H]1CN(C(=O)c2ccc(N3CCCC3=O)cc2)c2ccccc2O1)N1CCCCC1. The molecule has 2 fully saturated rings. The van der Waals surface area contributed by atoms with Crippen LogP contribution in [0.25, 0.3) is 0 Å². The minimum Gasteiger partial charge on any atom is -0.476 e. The fourth-order valence-electron chi connectivity index (χ4n) is 4.73. The number of hydrogen-bond donors (Lipinski definition) is 0. The van der Waals surface area contributed by atoms with Gasteiger partial charge in [0.05, 0.1) is 12.2 Å². The molecule has 5 rings (SSSR count). The molecule has 0 saturated carbocycles. The van der Waals surface area contributed by atoms with E-state index in [1.807, 2.05) is 35.2 Å². The van der Waals surface area contributed by atoms with Crippen LogP contribution in [0.3, 0.4) is 0 Å². The number of nitrogens with zero attached hydrogens (tertiary/aromatic N) is 3. The summed E-state index contributed by atoms with van der Waals surface area (Å²) in [4.78, 5) is 43.8. The van der Waals surface area contributed by atoms with Gasteiger partial charge < -0.3 is 19.4 Å². The molecule has 7 heteroatoms. The molecule has 2 saturated heterocycles. The topological polar surface area (TPSA) is 70.2 Å². The van der Waals surface area contributed by atoms with Crippen molar-refractivity contribution in [2.24, 2.45) is 0 Å². The minimum absolute atomic E-state index is 0.0557. The van der Waals surface area contributed by atoms with Crippen molar-refractivity contribution in [3.8, 4) is 5.75 Å². The number of anilines is 2. The monoisotopic (exact) mass is 433 g/mol. The third kappa shape index (κ3) is 3.83. The summed E-state index contributed by atoms with van der Waals surface area (Å²) in [6, 6.07) is 14.5. The second-order valence-corrected chi connectivity index (χ2v) is 8.57. The summed E-state index contributed by atoms with van der Waals surface area (Å²) in [7, 11) is 0. The minimum atomic E-state index is -0.714. The highest BCUT2D eigenvalue weighted by molar-refractivity contribution is 6.08. The lowest BCUT2D eigenvalue weighted by molar-refractivity contribution is -0.139. The first-order valence-corrected chi connectivity index (χ1v) is 11.4. The molecule has 0 N–H and O–H groups in total. The van der Waals surface area contributed by atoms with Crippen molar-refractivity contribution in [2.45, 2.75) is 38.2 Å². The van der Waals surface area contributed by atoms with Gasteiger partial charge in [-0.05, 0) is 62.1 Å². The van der Waals surface area contributed by atoms with Crippen LogP contribution in [0.2, 0.25) is 0 Å². The Bertz CT molecular complexity index is 1030. The van der Waals surface area contributed by atoms with Crippen LogP contribution in [0.5, 0.6) is 5.75 Å². The van der Waals surface area contributed by atoms with Gasteiger partial charge in [-0.2, -0.15) is 0 Å². The highest BCUT2D eigenvalue weighted by atomic mass is 16.5. The molecule has 0 radical (unpaired) electrons. The van der Waals surface area contributed by atoms with Crippen molar-refractivity contribution < 1.29 is 19.1 Å². The largest absolute Gasteiger partial charge is 0.476 e. The first-order valence-electron chi connectivity index (χ1n) is 11.4. The van der Waals surface area contributed by atoms with E-state index in [0.717, 1.165) is 44.5 Å². The van der Waals surface area contributed by atoms with E-state index in [4.69, 9.17) is 4.74 Å². The smallest absolute Gasteiger partial charge is 0.265 e. The molecule has 3 aliphatic heterocycles. The maximum atomic E-state index is 13.5. The number of hydrogen-bond acceptors (Lipinski definition) is 4. The van der Waals surface area contributed by atoms with E-state index in [2.05, 4.69) is 0 Å². The van der Waals surface area contributed by atoms with Gasteiger partial charge in [-0.1, -0.05) is 12.1 Å². The lowest BCUT2D eigenvalue weighted by Crippen LogP contribution is -2.52. The normalized spacial score (nSPS) is 20.7. The number of benzene rings is 2. The molecule has 1 atom stereocenters. The molecule has 2 aromatic rings. The summed E-state index contributed by atoms with van der Waals surface area (Å²) in [5.74, 6) is 0.420. The van der Waals surface area contributed by atoms with E-state index >= 15 is 0 Å². The molecule has 3 heterocycles. The van der Waals surface area contributed by atoms with Crippen LogP contribution >= 0.6 is 0 Å². The zero-order valence-corrected chi connectivity index (χ0v) is 18.0. The zero-order valence-electron chi connectivity index (χ0n) is 18.0. The summed E-state index contributed by atoms with van der Waals surface area (Å²) in [6.07, 6.45) is 3.86. The average molecular weight is 434 g/mol. The fourth-order valence-corrected chi connectivity index (χ4v) is 4.73. The molecule has 0 aromatic heterocycles. The van der Waals surface area contributed by atoms with Crippen molar-refractivity contribution in [1.29, 1.82) is 0 Å². The van der Waals surface area contributed by atoms with Gasteiger partial charge in [-0.25, -0.2) is 0 Å². The summed E-state index contributed by atoms with van der Waals surface area (Å²) >= 11 is 0. The summed E-state index contributed by atoms with van der Waals surface area (Å²) < 4.78 is 6.03. The fraction of sp³-hybridized carbons (Fsp3) is 0.400. The molecule has 0 spiro atoms. The van der Waals surface area contributed by atoms with Crippen molar-refractivity contribution in [1.82, 2.24) is 4.90 Å². The van der Waals surface area contributed by atoms with Gasteiger partial charge in [0, 0.05) is 37.3 Å². The van der Waals surface area contributed by atoms with Gasteiger partial charge in [0.15, 0.2) is 6.10 Å². The van der Waals surface area contributed by atoms with E-state index in [0.29, 0.717) is 30.0 Å². The Balaban J connectivity index is 1.39. The number of amides is 3. The molecule has 2 aromatic carbocycles. The zero-order chi connectivity index (χ0) is 22.1. The van der Waals surface area contributed by atoms with Crippen molar-refractivity contribution >= 4 is 29.1 Å². The number of para-hydroxylation sites is 2. The van der Waals surface area contributed by atoms with Crippen LogP contribution in [-0.4, -0.2) is 54.9 Å². The maximum absolute atomic E-state index is 13.5. The second kappa shape index (κ2) is 8.65. The van der Waals surface area contributed by atoms with Crippen LogP contribution in [-0.2, 0) is 9.59 Å². The number of fused-ring (bicyclic) bond motifs is 1. The number of carbonyl (C=O) groups excluding carboxylic acids is 3. The first kappa shape index (κ1) is 20.5. The molecule has 7 nitrogen and oxygen atoms in total. The number of ether oxygens (including phenoxy) is 1. The van der Waals surface area contributed by atoms with Crippen LogP contribution in [0.1, 0.15) is 42.5 Å². The molecular formula is C25H27N3O4. The highest BCUT2D eigenvalue weighted by Crippen LogP contribution is 2.35. The third-order valence-electron chi connectivity index (χ3n) is 6.46. The van der Waals surface area contributed by atoms with Gasteiger partial charge in [0.1, 0.15) is 5.75 Å². The van der Waals surface area contributed by atoms with Gasteiger partial charge in [0.25, 0.3) is 11.8 Å². The molecule has 166 valence electrons. The number of rotatable bonds is 3. The van der Waals surface area contributed by atoms with Gasteiger partial charge >= 0.3 is 0 Å². The van der Waals surface area contributed by atoms with Crippen LogP contribution < -0.4 is 14.5 Å². The van der Waals surface area contributed by atoms with Crippen molar-refractivity contribution in [3.05, 3.63) is 54.1 Å². The molecule has 3 amide bonds. The second-order valence-electron chi connectivity index (χ2n) is 8.57. The van der Waals surface area contributed by atoms with Crippen molar-refractivity contribution in [2.75, 3.05) is 36.0 Å². The van der Waals surface area contributed by atoms with Crippen LogP contribution in [0.4, 0.5) is 11.4 Å². The Morgan fingerprint density at radius 2 is 1.62 bits per heavy atom. The Morgan fingerprint density at radius 1 is 0.875 bits per heavy atom. The molecule has 3 aliphatic rings. The molecule has 0 bridgehead atoms. The molecular weight excluding hydrogens is 406 g/mol. The Hall–Kier alpha value is -3.35. The number of likely N-dealkylation sites (tertiary alicyclic amines) is 1. The van der Waals surface area contributed by atoms with Crippen molar-refractivity contribution in [3.63, 3.8) is 0 Å². The predicted octanol–water partition coefficient (Wildman–Crippen LogP) is 3.23. The van der Waals surface area contributed by atoms with Crippen LogP contribution in [0.15, 0.2) is 48.5 Å². The molecule has 32 heavy (non-hydrogen) atoms. The van der Waals surface area contributed by atoms with Gasteiger partial charge in [-0.3, -0.25) is 14.4 Å². The number of piperidine rings is 1. The van der Waals surface area contributed by atoms with E-state index < -0.39 is 6.10 Å². The quantitative estimate of drug-likeness (QED) is 0.745. The van der Waals surface area contributed by atoms with Gasteiger partial charge in [-0.15, -0.1) is 0 Å². The lowest BCUT2D eigenvalue weighted by Gasteiger charge is -2.37. The standard InChI is InChI=1S/C25H27N3O4/c29-23-9-6-16-27(23)19-12-10-18(11-13-19)24(30)28-17-22(25(31)26-14-4-1-5-15-26)32-21-8-3-2-7-20(21)28/h2-3,7-8,10-13,22H,1,4-6,9,14-17H2/t22-/m1/s1. The Labute approximate surface area is 187 Å². The summed E-state index contributed by atoms with van der Waals surface area (Å²) in [6.45, 7) is 2.37. The third-order valence-corrected chi connectivity index (χ3v) is 6.46. The van der Waals surface area contributed by atoms with Gasteiger partial charge in [0.2, 0.25) is 5.91 Å². The van der Waals surface area contributed by atoms with Crippen LogP contribution in [0, 0.1) is 0 Å². The van der Waals surface area contributed by atoms with E-state index in [9.17, 15) is 14.4 Å².